The minimum Gasteiger partial charge on any atom is -0.458 e. The lowest BCUT2D eigenvalue weighted by atomic mass is 9.96. The molecule has 0 aliphatic rings. The molecule has 9 aromatic carbocycles. The van der Waals surface area contributed by atoms with Crippen molar-refractivity contribution in [3.8, 4) is 56.6 Å². The highest BCUT2D eigenvalue weighted by Gasteiger charge is 2.28. The Hall–Kier alpha value is -9.46. The number of fused-ring (bicyclic) bond motifs is 12. The summed E-state index contributed by atoms with van der Waals surface area (Å²) in [4.78, 5) is 5.03. The Kier molecular flexibility index (Phi) is 8.97. The van der Waals surface area contributed by atoms with Gasteiger partial charge >= 0.3 is 0 Å². The normalized spacial score (nSPS) is 11.8. The van der Waals surface area contributed by atoms with Gasteiger partial charge in [-0.05, 0) is 89.0 Å². The maximum Gasteiger partial charge on any atom is 0.268 e. The highest BCUT2D eigenvalue weighted by molar-refractivity contribution is 6.40. The Morgan fingerprint density at radius 3 is 1.81 bits per heavy atom. The second kappa shape index (κ2) is 15.8. The molecule has 0 aliphatic heterocycles. The van der Waals surface area contributed by atoms with E-state index < -0.39 is 0 Å². The van der Waals surface area contributed by atoms with Crippen molar-refractivity contribution in [1.29, 1.82) is 0 Å². The second-order valence-corrected chi connectivity index (χ2v) is 17.8. The molecule has 7 nitrogen and oxygen atoms in total. The first-order valence-corrected chi connectivity index (χ1v) is 23.6. The number of pyridine rings is 1. The van der Waals surface area contributed by atoms with Crippen LogP contribution >= 0.6 is 0 Å². The number of benzene rings is 9. The molecule has 0 N–H and O–H groups in total. The van der Waals surface area contributed by atoms with Gasteiger partial charge in [0.15, 0.2) is 0 Å². The molecule has 0 unspecified atom stereocenters. The zero-order chi connectivity index (χ0) is 46.3. The Bertz CT molecular complexity index is 4260. The third-order valence-corrected chi connectivity index (χ3v) is 13.9. The molecule has 0 bridgehead atoms. The second-order valence-electron chi connectivity index (χ2n) is 17.8. The SMILES string of the molecule is Cn1c2ccccc2c2c1c1c(c3ccc(Oc4cccc(-[n+]5[c-]n(-c6c(-c7ccccc7)cccc6-c6ccccc6)cc5)c4)cc3n1-c1ccccn1)c1c3ccccc3n(-c3ccccc3)c12. The molecular formula is C63H42N6O. The Labute approximate surface area is 403 Å². The van der Waals surface area contributed by atoms with E-state index in [1.807, 2.05) is 29.0 Å². The molecule has 0 radical (unpaired) electrons. The number of hydrogen-bond acceptors (Lipinski definition) is 2. The lowest BCUT2D eigenvalue weighted by Gasteiger charge is -2.16. The molecule has 14 aromatic rings. The van der Waals surface area contributed by atoms with Gasteiger partial charge in [0.05, 0.1) is 39.0 Å². The van der Waals surface area contributed by atoms with Crippen LogP contribution in [-0.2, 0) is 7.05 Å². The molecule has 0 aliphatic carbocycles. The van der Waals surface area contributed by atoms with E-state index in [1.54, 1.807) is 0 Å². The lowest BCUT2D eigenvalue weighted by Crippen LogP contribution is -2.28. The predicted octanol–water partition coefficient (Wildman–Crippen LogP) is 14.9. The minimum absolute atomic E-state index is 0.713. The van der Waals surface area contributed by atoms with Gasteiger partial charge in [-0.2, -0.15) is 0 Å². The largest absolute Gasteiger partial charge is 0.458 e. The standard InChI is InChI=1S/C63H42N6O/c1-65-53-31-13-11-27-50(53)59-61-57(51-28-12-14-32-54(51)68(61)44-23-9-4-10-24-44)58-52-35-34-47(40-55(52)69(63(58)62(59)65)56-33-15-16-36-64-56)70-46-26-17-25-45(39-46)66-37-38-67(41-66)60-48(42-19-5-2-6-20-42)29-18-30-49(60)43-21-7-3-8-22-43/h2-40H,1H3. The van der Waals surface area contributed by atoms with E-state index in [9.17, 15) is 0 Å². The predicted molar refractivity (Wildman–Crippen MR) is 284 cm³/mol. The van der Waals surface area contributed by atoms with Gasteiger partial charge in [0.25, 0.3) is 6.33 Å². The number of ether oxygens (including phenoxy) is 1. The van der Waals surface area contributed by atoms with E-state index in [2.05, 4.69) is 244 Å². The summed E-state index contributed by atoms with van der Waals surface area (Å²) >= 11 is 0. The van der Waals surface area contributed by atoms with Gasteiger partial charge in [0.1, 0.15) is 17.3 Å². The van der Waals surface area contributed by atoms with Crippen LogP contribution in [0, 0.1) is 6.33 Å². The molecule has 5 heterocycles. The van der Waals surface area contributed by atoms with Gasteiger partial charge in [0, 0.05) is 75.2 Å². The first kappa shape index (κ1) is 39.7. The fourth-order valence-electron chi connectivity index (χ4n) is 10.9. The fourth-order valence-corrected chi connectivity index (χ4v) is 10.9. The van der Waals surface area contributed by atoms with Crippen molar-refractivity contribution in [2.24, 2.45) is 7.05 Å². The highest BCUT2D eigenvalue weighted by Crippen LogP contribution is 2.50. The summed E-state index contributed by atoms with van der Waals surface area (Å²) in [5.74, 6) is 2.27. The fraction of sp³-hybridized carbons (Fsp3) is 0.0159. The van der Waals surface area contributed by atoms with Crippen LogP contribution in [-0.4, -0.2) is 23.3 Å². The van der Waals surface area contributed by atoms with Crippen LogP contribution in [0.15, 0.2) is 237 Å². The summed E-state index contributed by atoms with van der Waals surface area (Å²) < 4.78 is 18.2. The zero-order valence-corrected chi connectivity index (χ0v) is 38.1. The van der Waals surface area contributed by atoms with Gasteiger partial charge in [-0.25, -0.2) is 4.98 Å². The van der Waals surface area contributed by atoms with E-state index in [-0.39, 0.29) is 0 Å². The summed E-state index contributed by atoms with van der Waals surface area (Å²) in [5.41, 5.74) is 14.4. The summed E-state index contributed by atoms with van der Waals surface area (Å²) in [6.45, 7) is 0. The number of imidazole rings is 1. The van der Waals surface area contributed by atoms with Crippen molar-refractivity contribution in [3.63, 3.8) is 0 Å². The van der Waals surface area contributed by atoms with Crippen LogP contribution in [0.1, 0.15) is 0 Å². The number of aromatic nitrogens is 6. The van der Waals surface area contributed by atoms with Crippen LogP contribution in [0.25, 0.3) is 111 Å². The first-order valence-electron chi connectivity index (χ1n) is 23.6. The van der Waals surface area contributed by atoms with Crippen LogP contribution in [0.4, 0.5) is 0 Å². The first-order chi connectivity index (χ1) is 34.7. The molecule has 330 valence electrons. The van der Waals surface area contributed by atoms with Crippen LogP contribution in [0.3, 0.4) is 0 Å². The Morgan fingerprint density at radius 2 is 1.09 bits per heavy atom. The molecule has 5 aromatic heterocycles. The van der Waals surface area contributed by atoms with Gasteiger partial charge in [0.2, 0.25) is 0 Å². The van der Waals surface area contributed by atoms with Crippen LogP contribution < -0.4 is 9.30 Å². The van der Waals surface area contributed by atoms with E-state index >= 15 is 0 Å². The highest BCUT2D eigenvalue weighted by atomic mass is 16.5. The minimum atomic E-state index is 0.713. The third kappa shape index (κ3) is 6.08. The Morgan fingerprint density at radius 1 is 0.471 bits per heavy atom. The maximum absolute atomic E-state index is 6.88. The molecular weight excluding hydrogens is 857 g/mol. The zero-order valence-electron chi connectivity index (χ0n) is 38.1. The third-order valence-electron chi connectivity index (χ3n) is 13.9. The quantitative estimate of drug-likeness (QED) is 0.113. The number of nitrogens with zero attached hydrogens (tertiary/aromatic N) is 6. The van der Waals surface area contributed by atoms with E-state index in [1.165, 1.54) is 38.0 Å². The van der Waals surface area contributed by atoms with Crippen molar-refractivity contribution in [1.82, 2.24) is 23.3 Å². The molecule has 0 amide bonds. The van der Waals surface area contributed by atoms with Gasteiger partial charge < -0.3 is 13.9 Å². The average molecular weight is 899 g/mol. The molecule has 0 fully saturated rings. The summed E-state index contributed by atoms with van der Waals surface area (Å²) in [7, 11) is 2.20. The average Bonchev–Trinajstić information content (AvgIpc) is 4.20. The van der Waals surface area contributed by atoms with Gasteiger partial charge in [-0.1, -0.05) is 146 Å². The molecule has 70 heavy (non-hydrogen) atoms. The van der Waals surface area contributed by atoms with Crippen molar-refractivity contribution >= 4 is 65.4 Å². The summed E-state index contributed by atoms with van der Waals surface area (Å²) in [5, 5.41) is 7.11. The molecule has 0 spiro atoms. The molecule has 14 rings (SSSR count). The maximum atomic E-state index is 6.88. The molecule has 0 saturated heterocycles. The van der Waals surface area contributed by atoms with E-state index in [4.69, 9.17) is 9.72 Å². The number of aryl methyl sites for hydroxylation is 1. The lowest BCUT2D eigenvalue weighted by molar-refractivity contribution is -0.599. The number of para-hydroxylation sites is 4. The van der Waals surface area contributed by atoms with Crippen LogP contribution in [0.5, 0.6) is 11.5 Å². The summed E-state index contributed by atoms with van der Waals surface area (Å²) in [6, 6.07) is 76.8. The Balaban J connectivity index is 0.952. The molecule has 0 saturated carbocycles. The van der Waals surface area contributed by atoms with E-state index in [0.717, 1.165) is 78.3 Å². The summed E-state index contributed by atoms with van der Waals surface area (Å²) in [6.07, 6.45) is 9.66. The monoisotopic (exact) mass is 898 g/mol. The van der Waals surface area contributed by atoms with Crippen molar-refractivity contribution in [2.45, 2.75) is 0 Å². The van der Waals surface area contributed by atoms with Crippen molar-refractivity contribution in [2.75, 3.05) is 0 Å². The topological polar surface area (TPSA) is 45.7 Å². The molecule has 0 atom stereocenters. The van der Waals surface area contributed by atoms with E-state index in [0.29, 0.717) is 5.75 Å². The van der Waals surface area contributed by atoms with Crippen LogP contribution in [0.2, 0.25) is 0 Å². The molecule has 7 heteroatoms. The van der Waals surface area contributed by atoms with Gasteiger partial charge in [-0.15, -0.1) is 0 Å². The number of hydrogen-bond donors (Lipinski definition) is 0. The van der Waals surface area contributed by atoms with Gasteiger partial charge in [-0.3, -0.25) is 13.7 Å². The van der Waals surface area contributed by atoms with Crippen molar-refractivity contribution in [3.05, 3.63) is 243 Å². The number of rotatable bonds is 8. The van der Waals surface area contributed by atoms with Crippen molar-refractivity contribution < 1.29 is 9.30 Å². The smallest absolute Gasteiger partial charge is 0.268 e.